The zero-order valence-corrected chi connectivity index (χ0v) is 18.5. The minimum absolute atomic E-state index is 0.0834. The molecule has 33 heavy (non-hydrogen) atoms. The van der Waals surface area contributed by atoms with E-state index in [1.165, 1.54) is 0 Å². The second kappa shape index (κ2) is 8.53. The number of nitrogen functional groups attached to an aromatic ring is 1. The van der Waals surface area contributed by atoms with E-state index in [-0.39, 0.29) is 12.5 Å². The smallest absolute Gasteiger partial charge is 0.267 e. The number of rotatable bonds is 4. The summed E-state index contributed by atoms with van der Waals surface area (Å²) in [7, 11) is 3.14. The van der Waals surface area contributed by atoms with Crippen LogP contribution in [0.5, 0.6) is 23.0 Å². The van der Waals surface area contributed by atoms with Gasteiger partial charge in [-0.3, -0.25) is 4.79 Å². The lowest BCUT2D eigenvalue weighted by molar-refractivity contribution is -0.141. The Balaban J connectivity index is 1.28. The Morgan fingerprint density at radius 3 is 2.45 bits per heavy atom. The van der Waals surface area contributed by atoms with Crippen molar-refractivity contribution in [3.8, 4) is 23.0 Å². The maximum absolute atomic E-state index is 13.0. The molecule has 1 saturated heterocycles. The van der Waals surface area contributed by atoms with Crippen molar-refractivity contribution < 1.29 is 23.7 Å². The summed E-state index contributed by atoms with van der Waals surface area (Å²) in [5, 5.41) is 0.694. The minimum atomic E-state index is -0.651. The van der Waals surface area contributed by atoms with Gasteiger partial charge in [-0.05, 0) is 18.2 Å². The van der Waals surface area contributed by atoms with Gasteiger partial charge in [0.25, 0.3) is 5.91 Å². The molecule has 10 nitrogen and oxygen atoms in total. The van der Waals surface area contributed by atoms with Gasteiger partial charge in [0, 0.05) is 37.6 Å². The minimum Gasteiger partial charge on any atom is -0.493 e. The number of benzene rings is 2. The van der Waals surface area contributed by atoms with Gasteiger partial charge >= 0.3 is 0 Å². The number of hydrogen-bond acceptors (Lipinski definition) is 9. The summed E-state index contributed by atoms with van der Waals surface area (Å²) < 4.78 is 22.3. The summed E-state index contributed by atoms with van der Waals surface area (Å²) in [5.41, 5.74) is 6.89. The van der Waals surface area contributed by atoms with E-state index in [2.05, 4.69) is 9.97 Å². The molecular weight excluding hydrogens is 430 g/mol. The fourth-order valence-electron chi connectivity index (χ4n) is 4.08. The number of carbonyl (C=O) groups excluding carboxylic acids is 1. The van der Waals surface area contributed by atoms with Gasteiger partial charge < -0.3 is 34.5 Å². The van der Waals surface area contributed by atoms with E-state index in [9.17, 15) is 4.79 Å². The van der Waals surface area contributed by atoms with E-state index < -0.39 is 6.10 Å². The van der Waals surface area contributed by atoms with Gasteiger partial charge in [-0.2, -0.15) is 4.98 Å². The van der Waals surface area contributed by atoms with Crippen LogP contribution in [0, 0.1) is 0 Å². The summed E-state index contributed by atoms with van der Waals surface area (Å²) in [6.45, 7) is 2.40. The van der Waals surface area contributed by atoms with Crippen molar-refractivity contribution in [3.05, 3.63) is 36.4 Å². The number of hydrogen-bond donors (Lipinski definition) is 1. The zero-order valence-electron chi connectivity index (χ0n) is 18.5. The Hall–Kier alpha value is -3.95. The average molecular weight is 455 g/mol. The molecule has 10 heteroatoms. The molecule has 1 aromatic heterocycles. The lowest BCUT2D eigenvalue weighted by Crippen LogP contribution is -2.54. The summed E-state index contributed by atoms with van der Waals surface area (Å²) in [4.78, 5) is 26.0. The Labute approximate surface area is 190 Å². The van der Waals surface area contributed by atoms with Gasteiger partial charge in [-0.25, -0.2) is 4.98 Å². The molecule has 172 valence electrons. The standard InChI is InChI=1S/C23H25N5O5/c1-30-18-11-14-15(12-19(18)31-2)25-23(26-21(14)24)28-9-7-27(8-10-28)22(29)20-13-32-16-5-3-4-6-17(16)33-20/h3-6,11-12,20H,7-10,13H2,1-2H3,(H2,24,25,26)/t20-/m1/s1/i7+1,8+1,9+1,10+1. The number of methoxy groups -OCH3 is 2. The van der Waals surface area contributed by atoms with Crippen LogP contribution in [0.4, 0.5) is 11.8 Å². The number of amides is 1. The Morgan fingerprint density at radius 1 is 1.03 bits per heavy atom. The largest absolute Gasteiger partial charge is 0.493 e. The highest BCUT2D eigenvalue weighted by Gasteiger charge is 2.33. The van der Waals surface area contributed by atoms with Crippen LogP contribution in [-0.2, 0) is 4.79 Å². The highest BCUT2D eigenvalue weighted by Crippen LogP contribution is 2.34. The van der Waals surface area contributed by atoms with Crippen molar-refractivity contribution in [2.24, 2.45) is 0 Å². The van der Waals surface area contributed by atoms with Crippen molar-refractivity contribution >= 4 is 28.6 Å². The monoisotopic (exact) mass is 455 g/mol. The van der Waals surface area contributed by atoms with Crippen LogP contribution >= 0.6 is 0 Å². The summed E-state index contributed by atoms with van der Waals surface area (Å²) in [6, 6.07) is 10.9. The van der Waals surface area contributed by atoms with Crippen LogP contribution in [0.15, 0.2) is 36.4 Å². The zero-order chi connectivity index (χ0) is 22.9. The molecule has 3 aromatic rings. The number of nitrogens with two attached hydrogens (primary N) is 1. The van der Waals surface area contributed by atoms with Crippen LogP contribution in [0.25, 0.3) is 10.9 Å². The van der Waals surface area contributed by atoms with Gasteiger partial charge in [-0.1, -0.05) is 12.1 Å². The maximum atomic E-state index is 13.0. The van der Waals surface area contributed by atoms with Crippen LogP contribution in [0.2, 0.25) is 0 Å². The molecule has 2 aliphatic heterocycles. The SMILES string of the molecule is COc1cc2nc(N3[13CH2][13CH2]N(C(=O)[C@H]4COc5ccccc5O4)[13CH2][13CH2]3)nc(N)c2cc1OC. The molecule has 0 spiro atoms. The van der Waals surface area contributed by atoms with E-state index in [1.807, 2.05) is 23.1 Å². The molecule has 0 unspecified atom stereocenters. The number of para-hydroxylation sites is 2. The first-order valence-corrected chi connectivity index (χ1v) is 10.7. The molecule has 2 N–H and O–H groups in total. The third-order valence-corrected chi connectivity index (χ3v) is 5.88. The quantitative estimate of drug-likeness (QED) is 0.588. The molecule has 0 bridgehead atoms. The van der Waals surface area contributed by atoms with Gasteiger partial charge in [0.1, 0.15) is 12.4 Å². The van der Waals surface area contributed by atoms with Crippen molar-refractivity contribution in [1.29, 1.82) is 0 Å². The van der Waals surface area contributed by atoms with E-state index in [0.717, 1.165) is 0 Å². The van der Waals surface area contributed by atoms with Gasteiger partial charge in [0.15, 0.2) is 23.0 Å². The fraction of sp³-hybridized carbons (Fsp3) is 0.348. The van der Waals surface area contributed by atoms with Crippen molar-refractivity contribution in [2.75, 3.05) is 57.6 Å². The number of aromatic nitrogens is 2. The second-order valence-electron chi connectivity index (χ2n) is 7.81. The predicted molar refractivity (Wildman–Crippen MR) is 122 cm³/mol. The molecule has 2 aliphatic rings. The highest BCUT2D eigenvalue weighted by molar-refractivity contribution is 5.91. The van der Waals surface area contributed by atoms with Gasteiger partial charge in [0.2, 0.25) is 12.1 Å². The van der Waals surface area contributed by atoms with Crippen LogP contribution in [-0.4, -0.2) is 73.9 Å². The molecule has 0 aliphatic carbocycles. The average Bonchev–Trinajstić information content (AvgIpc) is 2.87. The third kappa shape index (κ3) is 3.88. The Bertz CT molecular complexity index is 1200. The molecule has 5 rings (SSSR count). The van der Waals surface area contributed by atoms with Crippen LogP contribution < -0.4 is 29.6 Å². The number of ether oxygens (including phenoxy) is 4. The van der Waals surface area contributed by atoms with Crippen molar-refractivity contribution in [1.82, 2.24) is 14.9 Å². The molecule has 1 atom stereocenters. The first-order valence-electron chi connectivity index (χ1n) is 10.7. The lowest BCUT2D eigenvalue weighted by Gasteiger charge is -2.37. The summed E-state index contributed by atoms with van der Waals surface area (Å²) in [5.74, 6) is 3.18. The molecule has 1 amide bonds. The van der Waals surface area contributed by atoms with Gasteiger partial charge in [-0.15, -0.1) is 0 Å². The van der Waals surface area contributed by atoms with Crippen LogP contribution in [0.3, 0.4) is 0 Å². The van der Waals surface area contributed by atoms with Crippen molar-refractivity contribution in [2.45, 2.75) is 6.10 Å². The van der Waals surface area contributed by atoms with Crippen LogP contribution in [0.1, 0.15) is 0 Å². The first kappa shape index (κ1) is 20.9. The second-order valence-corrected chi connectivity index (χ2v) is 7.81. The van der Waals surface area contributed by atoms with E-state index in [4.69, 9.17) is 24.7 Å². The van der Waals surface area contributed by atoms with E-state index in [0.29, 0.717) is 71.8 Å². The lowest BCUT2D eigenvalue weighted by atomic mass is 10.2. The number of anilines is 2. The van der Waals surface area contributed by atoms with E-state index >= 15 is 0 Å². The number of nitrogens with zero attached hydrogens (tertiary/aromatic N) is 4. The highest BCUT2D eigenvalue weighted by atomic mass is 16.6. The summed E-state index contributed by atoms with van der Waals surface area (Å²) in [6.07, 6.45) is -0.651. The molecule has 3 heterocycles. The molecule has 2 aromatic carbocycles. The summed E-state index contributed by atoms with van der Waals surface area (Å²) >= 11 is 0. The molecule has 0 saturated carbocycles. The van der Waals surface area contributed by atoms with E-state index in [1.54, 1.807) is 37.3 Å². The predicted octanol–water partition coefficient (Wildman–Crippen LogP) is 1.72. The molecular formula is C23H25N5O5. The van der Waals surface area contributed by atoms with Crippen molar-refractivity contribution in [3.63, 3.8) is 0 Å². The topological polar surface area (TPSA) is 112 Å². The van der Waals surface area contributed by atoms with Gasteiger partial charge in [0.05, 0.1) is 19.7 Å². The fourth-order valence-corrected chi connectivity index (χ4v) is 4.08. The molecule has 1 fully saturated rings. The maximum Gasteiger partial charge on any atom is 0.267 e. The third-order valence-electron chi connectivity index (χ3n) is 5.88. The Morgan fingerprint density at radius 2 is 1.73 bits per heavy atom. The Kier molecular flexibility index (Phi) is 5.41. The number of fused-ring (bicyclic) bond motifs is 2. The number of piperazine rings is 1. The normalized spacial score (nSPS) is 17.7. The first-order chi connectivity index (χ1) is 16.1. The molecule has 0 radical (unpaired) electrons. The number of carbonyl (C=O) groups is 1.